The van der Waals surface area contributed by atoms with Crippen molar-refractivity contribution in [2.45, 2.75) is 12.8 Å². The van der Waals surface area contributed by atoms with Crippen molar-refractivity contribution in [3.05, 3.63) is 28.5 Å². The number of methoxy groups -OCH3 is 1. The average Bonchev–Trinajstić information content (AvgIpc) is 2.94. The Balaban J connectivity index is 2.14. The Hall–Kier alpha value is -2.15. The fourth-order valence-corrected chi connectivity index (χ4v) is 3.03. The standard InChI is InChI=1S/C14H15NO5S/c1-20-14(19)11-10(6-7-21-11)15-12(16)8-4-2-3-5-9(8)13(17)18/h2-3,6-9H,4-5H2,1H3,(H,15,16)(H,17,18)/t8-,9+/m1/s1. The van der Waals surface area contributed by atoms with Crippen LogP contribution in [-0.2, 0) is 14.3 Å². The van der Waals surface area contributed by atoms with Gasteiger partial charge in [0.2, 0.25) is 5.91 Å². The number of carbonyl (C=O) groups is 3. The lowest BCUT2D eigenvalue weighted by molar-refractivity contribution is -0.146. The smallest absolute Gasteiger partial charge is 0.350 e. The highest BCUT2D eigenvalue weighted by atomic mass is 32.1. The van der Waals surface area contributed by atoms with Crippen molar-refractivity contribution in [1.82, 2.24) is 0 Å². The average molecular weight is 309 g/mol. The quantitative estimate of drug-likeness (QED) is 0.656. The van der Waals surface area contributed by atoms with Crippen LogP contribution in [-0.4, -0.2) is 30.1 Å². The van der Waals surface area contributed by atoms with Crippen LogP contribution >= 0.6 is 11.3 Å². The summed E-state index contributed by atoms with van der Waals surface area (Å²) in [5, 5.41) is 13.5. The van der Waals surface area contributed by atoms with E-state index in [4.69, 9.17) is 0 Å². The van der Waals surface area contributed by atoms with E-state index in [1.165, 1.54) is 7.11 Å². The summed E-state index contributed by atoms with van der Waals surface area (Å²) < 4.78 is 4.64. The van der Waals surface area contributed by atoms with Crippen LogP contribution in [0.3, 0.4) is 0 Å². The van der Waals surface area contributed by atoms with Crippen molar-refractivity contribution in [3.63, 3.8) is 0 Å². The van der Waals surface area contributed by atoms with Gasteiger partial charge >= 0.3 is 11.9 Å². The molecule has 0 saturated heterocycles. The summed E-state index contributed by atoms with van der Waals surface area (Å²) in [7, 11) is 1.26. The maximum atomic E-state index is 12.3. The number of aliphatic carboxylic acids is 1. The Morgan fingerprint density at radius 1 is 1.29 bits per heavy atom. The number of anilines is 1. The number of carboxylic acids is 1. The van der Waals surface area contributed by atoms with Crippen LogP contribution in [0.25, 0.3) is 0 Å². The maximum absolute atomic E-state index is 12.3. The highest BCUT2D eigenvalue weighted by Gasteiger charge is 2.34. The van der Waals surface area contributed by atoms with Gasteiger partial charge in [0.1, 0.15) is 4.88 Å². The van der Waals surface area contributed by atoms with Crippen molar-refractivity contribution in [2.75, 3.05) is 12.4 Å². The third kappa shape index (κ3) is 3.30. The fraction of sp³-hybridized carbons (Fsp3) is 0.357. The second kappa shape index (κ2) is 6.53. The summed E-state index contributed by atoms with van der Waals surface area (Å²) in [4.78, 5) is 35.3. The lowest BCUT2D eigenvalue weighted by Crippen LogP contribution is -2.34. The molecule has 2 N–H and O–H groups in total. The molecule has 1 aromatic rings. The fourth-order valence-electron chi connectivity index (χ4n) is 2.26. The molecule has 112 valence electrons. The molecule has 0 aromatic carbocycles. The van der Waals surface area contributed by atoms with Gasteiger partial charge in [-0.25, -0.2) is 4.79 Å². The van der Waals surface area contributed by atoms with E-state index in [0.717, 1.165) is 11.3 Å². The number of amides is 1. The van der Waals surface area contributed by atoms with Crippen molar-refractivity contribution in [3.8, 4) is 0 Å². The van der Waals surface area contributed by atoms with Gasteiger partial charge in [-0.2, -0.15) is 0 Å². The molecule has 0 bridgehead atoms. The predicted molar refractivity (Wildman–Crippen MR) is 77.3 cm³/mol. The first-order chi connectivity index (χ1) is 10.0. The molecule has 1 aliphatic rings. The van der Waals surface area contributed by atoms with Crippen molar-refractivity contribution >= 4 is 34.9 Å². The lowest BCUT2D eigenvalue weighted by Gasteiger charge is -2.24. The number of carboxylic acid groups (broad SMARTS) is 1. The molecule has 0 fully saturated rings. The highest BCUT2D eigenvalue weighted by molar-refractivity contribution is 7.12. The SMILES string of the molecule is COC(=O)c1sccc1NC(=O)[C@@H]1CC=CC[C@@H]1C(=O)O. The molecule has 6 nitrogen and oxygen atoms in total. The van der Waals surface area contributed by atoms with Gasteiger partial charge in [0.05, 0.1) is 24.6 Å². The zero-order valence-corrected chi connectivity index (χ0v) is 12.2. The van der Waals surface area contributed by atoms with E-state index in [-0.39, 0.29) is 0 Å². The lowest BCUT2D eigenvalue weighted by atomic mass is 9.82. The summed E-state index contributed by atoms with van der Waals surface area (Å²) in [6.45, 7) is 0. The van der Waals surface area contributed by atoms with Gasteiger partial charge in [-0.3, -0.25) is 9.59 Å². The molecule has 2 rings (SSSR count). The Kier molecular flexibility index (Phi) is 4.74. The van der Waals surface area contributed by atoms with Gasteiger partial charge in [-0.1, -0.05) is 12.2 Å². The molecule has 21 heavy (non-hydrogen) atoms. The number of hydrogen-bond donors (Lipinski definition) is 2. The van der Waals surface area contributed by atoms with Crippen LogP contribution in [0.4, 0.5) is 5.69 Å². The Morgan fingerprint density at radius 2 is 1.95 bits per heavy atom. The van der Waals surface area contributed by atoms with Crippen LogP contribution in [0, 0.1) is 11.8 Å². The first-order valence-corrected chi connectivity index (χ1v) is 7.27. The Labute approximate surface area is 125 Å². The number of carbonyl (C=O) groups excluding carboxylic acids is 2. The zero-order valence-electron chi connectivity index (χ0n) is 11.4. The maximum Gasteiger partial charge on any atom is 0.350 e. The second-order valence-electron chi connectivity index (χ2n) is 4.64. The summed E-state index contributed by atoms with van der Waals surface area (Å²) in [5.74, 6) is -3.29. The van der Waals surface area contributed by atoms with Gasteiger partial charge in [0.15, 0.2) is 0 Å². The molecule has 0 aliphatic heterocycles. The van der Waals surface area contributed by atoms with Crippen LogP contribution in [0.1, 0.15) is 22.5 Å². The van der Waals surface area contributed by atoms with Crippen LogP contribution < -0.4 is 5.32 Å². The van der Waals surface area contributed by atoms with E-state index in [2.05, 4.69) is 10.1 Å². The number of allylic oxidation sites excluding steroid dienone is 2. The topological polar surface area (TPSA) is 92.7 Å². The minimum atomic E-state index is -0.988. The van der Waals surface area contributed by atoms with E-state index < -0.39 is 29.7 Å². The van der Waals surface area contributed by atoms with Crippen molar-refractivity contribution in [1.29, 1.82) is 0 Å². The summed E-state index contributed by atoms with van der Waals surface area (Å²) in [5.41, 5.74) is 0.357. The predicted octanol–water partition coefficient (Wildman–Crippen LogP) is 2.14. The molecule has 0 spiro atoms. The molecule has 0 saturated carbocycles. The molecule has 1 aliphatic carbocycles. The van der Waals surface area contributed by atoms with Crippen LogP contribution in [0.2, 0.25) is 0 Å². The van der Waals surface area contributed by atoms with E-state index in [0.29, 0.717) is 23.4 Å². The normalized spacial score (nSPS) is 20.8. The van der Waals surface area contributed by atoms with E-state index in [9.17, 15) is 19.5 Å². The van der Waals surface area contributed by atoms with Gasteiger partial charge in [-0.05, 0) is 24.3 Å². The minimum Gasteiger partial charge on any atom is -0.481 e. The second-order valence-corrected chi connectivity index (χ2v) is 5.55. The molecular formula is C14H15NO5S. The first-order valence-electron chi connectivity index (χ1n) is 6.39. The number of ether oxygens (including phenoxy) is 1. The summed E-state index contributed by atoms with van der Waals surface area (Å²) in [6.07, 6.45) is 4.28. The number of thiophene rings is 1. The van der Waals surface area contributed by atoms with Gasteiger partial charge < -0.3 is 15.2 Å². The molecular weight excluding hydrogens is 294 g/mol. The molecule has 1 aromatic heterocycles. The summed E-state index contributed by atoms with van der Waals surface area (Å²) >= 11 is 1.16. The molecule has 2 atom stereocenters. The van der Waals surface area contributed by atoms with Gasteiger partial charge in [0.25, 0.3) is 0 Å². The number of hydrogen-bond acceptors (Lipinski definition) is 5. The molecule has 0 radical (unpaired) electrons. The summed E-state index contributed by atoms with van der Waals surface area (Å²) in [6, 6.07) is 1.60. The third-order valence-electron chi connectivity index (χ3n) is 3.38. The molecule has 0 unspecified atom stereocenters. The molecule has 1 heterocycles. The van der Waals surface area contributed by atoms with Crippen LogP contribution in [0.5, 0.6) is 0 Å². The monoisotopic (exact) mass is 309 g/mol. The van der Waals surface area contributed by atoms with Crippen molar-refractivity contribution in [2.24, 2.45) is 11.8 Å². The van der Waals surface area contributed by atoms with Crippen molar-refractivity contribution < 1.29 is 24.2 Å². The highest BCUT2D eigenvalue weighted by Crippen LogP contribution is 2.29. The first kappa shape index (κ1) is 15.2. The van der Waals surface area contributed by atoms with Crippen LogP contribution in [0.15, 0.2) is 23.6 Å². The van der Waals surface area contributed by atoms with Gasteiger partial charge in [0, 0.05) is 0 Å². The molecule has 1 amide bonds. The van der Waals surface area contributed by atoms with E-state index >= 15 is 0 Å². The third-order valence-corrected chi connectivity index (χ3v) is 4.27. The van der Waals surface area contributed by atoms with Gasteiger partial charge in [-0.15, -0.1) is 11.3 Å². The largest absolute Gasteiger partial charge is 0.481 e. The molecule has 7 heteroatoms. The number of rotatable bonds is 4. The Bertz CT molecular complexity index is 592. The van der Waals surface area contributed by atoms with E-state index in [1.54, 1.807) is 23.6 Å². The Morgan fingerprint density at radius 3 is 2.57 bits per heavy atom. The van der Waals surface area contributed by atoms with E-state index in [1.807, 2.05) is 0 Å². The zero-order chi connectivity index (χ0) is 15.4. The minimum absolute atomic E-state index is 0.295. The number of esters is 1. The number of nitrogens with one attached hydrogen (secondary N) is 1.